The van der Waals surface area contributed by atoms with E-state index in [4.69, 9.17) is 9.84 Å². The summed E-state index contributed by atoms with van der Waals surface area (Å²) in [6.07, 6.45) is 0.340. The third-order valence-corrected chi connectivity index (χ3v) is 4.25. The Hall–Kier alpha value is -1.89. The summed E-state index contributed by atoms with van der Waals surface area (Å²) < 4.78 is 6.89. The molecule has 0 saturated carbocycles. The van der Waals surface area contributed by atoms with Crippen LogP contribution in [0.4, 0.5) is 0 Å². The zero-order valence-corrected chi connectivity index (χ0v) is 14.4. The Morgan fingerprint density at radius 2 is 2.09 bits per heavy atom. The monoisotopic (exact) mass is 323 g/mol. The summed E-state index contributed by atoms with van der Waals surface area (Å²) in [5, 5.41) is 13.5. The van der Waals surface area contributed by atoms with E-state index in [1.807, 2.05) is 20.8 Å². The number of rotatable bonds is 4. The number of aromatic nitrogens is 2. The second-order valence-electron chi connectivity index (χ2n) is 7.09. The van der Waals surface area contributed by atoms with Gasteiger partial charge in [0.1, 0.15) is 5.69 Å². The zero-order valence-electron chi connectivity index (χ0n) is 14.4. The molecule has 0 aliphatic carbocycles. The number of ether oxygens (including phenoxy) is 1. The lowest BCUT2D eigenvalue weighted by Gasteiger charge is -2.23. The maximum atomic E-state index is 12.9. The molecular formula is C16H25N3O4. The van der Waals surface area contributed by atoms with E-state index in [-0.39, 0.29) is 29.9 Å². The van der Waals surface area contributed by atoms with Gasteiger partial charge >= 0.3 is 5.97 Å². The Kier molecular flexibility index (Phi) is 4.79. The average Bonchev–Trinajstić information content (AvgIpc) is 3.00. The number of carbonyl (C=O) groups excluding carboxylic acids is 1. The van der Waals surface area contributed by atoms with Crippen LogP contribution in [0, 0.1) is 0 Å². The Bertz CT molecular complexity index is 603. The van der Waals surface area contributed by atoms with Crippen LogP contribution in [0.25, 0.3) is 0 Å². The highest BCUT2D eigenvalue weighted by Gasteiger charge is 2.38. The van der Waals surface area contributed by atoms with E-state index in [1.54, 1.807) is 29.8 Å². The number of amides is 1. The van der Waals surface area contributed by atoms with Crippen LogP contribution in [-0.4, -0.2) is 57.5 Å². The molecule has 0 radical (unpaired) electrons. The first-order chi connectivity index (χ1) is 10.6. The first kappa shape index (κ1) is 17.5. The number of carboxylic acids is 1. The van der Waals surface area contributed by atoms with E-state index in [9.17, 15) is 9.59 Å². The quantitative estimate of drug-likeness (QED) is 0.906. The van der Waals surface area contributed by atoms with Crippen LogP contribution in [0.1, 0.15) is 49.8 Å². The van der Waals surface area contributed by atoms with Gasteiger partial charge in [-0.15, -0.1) is 0 Å². The molecule has 128 valence electrons. The molecule has 1 fully saturated rings. The van der Waals surface area contributed by atoms with Crippen molar-refractivity contribution in [3.8, 4) is 0 Å². The second-order valence-corrected chi connectivity index (χ2v) is 7.09. The molecule has 1 aromatic rings. The van der Waals surface area contributed by atoms with Gasteiger partial charge in [0, 0.05) is 32.2 Å². The number of aliphatic carboxylic acids is 1. The Balaban J connectivity index is 2.27. The van der Waals surface area contributed by atoms with Crippen molar-refractivity contribution in [3.05, 3.63) is 17.5 Å². The van der Waals surface area contributed by atoms with E-state index in [0.717, 1.165) is 5.69 Å². The van der Waals surface area contributed by atoms with E-state index in [1.165, 1.54) is 0 Å². The van der Waals surface area contributed by atoms with E-state index in [2.05, 4.69) is 5.10 Å². The lowest BCUT2D eigenvalue weighted by atomic mass is 9.92. The van der Waals surface area contributed by atoms with Gasteiger partial charge in [0.05, 0.1) is 18.2 Å². The van der Waals surface area contributed by atoms with Crippen molar-refractivity contribution < 1.29 is 19.4 Å². The molecule has 1 aliphatic heterocycles. The molecule has 0 spiro atoms. The fourth-order valence-electron chi connectivity index (χ4n) is 2.87. The van der Waals surface area contributed by atoms with Gasteiger partial charge in [0.15, 0.2) is 0 Å². The fraction of sp³-hybridized carbons (Fsp3) is 0.688. The largest absolute Gasteiger partial charge is 0.481 e. The minimum atomic E-state index is -0.912. The number of carbonyl (C=O) groups is 2. The molecule has 0 bridgehead atoms. The van der Waals surface area contributed by atoms with Crippen molar-refractivity contribution >= 4 is 11.9 Å². The van der Waals surface area contributed by atoms with Gasteiger partial charge in [-0.1, -0.05) is 20.8 Å². The molecule has 1 saturated heterocycles. The number of hydrogen-bond acceptors (Lipinski definition) is 4. The highest BCUT2D eigenvalue weighted by Crippen LogP contribution is 2.27. The lowest BCUT2D eigenvalue weighted by molar-refractivity contribution is -0.138. The van der Waals surface area contributed by atoms with Crippen LogP contribution in [0.5, 0.6) is 0 Å². The topological polar surface area (TPSA) is 84.7 Å². The number of likely N-dealkylation sites (tertiary alicyclic amines) is 1. The van der Waals surface area contributed by atoms with Gasteiger partial charge in [-0.05, 0) is 12.5 Å². The molecule has 1 N–H and O–H groups in total. The third-order valence-electron chi connectivity index (χ3n) is 4.25. The van der Waals surface area contributed by atoms with Crippen molar-refractivity contribution in [2.75, 3.05) is 13.7 Å². The molecule has 1 aliphatic rings. The molecular weight excluding hydrogens is 298 g/mol. The third kappa shape index (κ3) is 3.72. The summed E-state index contributed by atoms with van der Waals surface area (Å²) in [5.74, 6) is -1.11. The van der Waals surface area contributed by atoms with Crippen LogP contribution >= 0.6 is 0 Å². The SMILES string of the molecule is COC1CC(CC(=O)O)N(C(=O)c2cc(C(C)(C)C)nn2C)C1. The predicted molar refractivity (Wildman–Crippen MR) is 84.4 cm³/mol. The predicted octanol–water partition coefficient (Wildman–Crippen LogP) is 1.42. The van der Waals surface area contributed by atoms with E-state index >= 15 is 0 Å². The Labute approximate surface area is 136 Å². The van der Waals surface area contributed by atoms with Gasteiger partial charge in [-0.2, -0.15) is 5.10 Å². The summed E-state index contributed by atoms with van der Waals surface area (Å²) in [5.41, 5.74) is 1.15. The van der Waals surface area contributed by atoms with Crippen LogP contribution in [0.3, 0.4) is 0 Å². The van der Waals surface area contributed by atoms with Gasteiger partial charge in [-0.3, -0.25) is 14.3 Å². The highest BCUT2D eigenvalue weighted by atomic mass is 16.5. The summed E-state index contributed by atoms with van der Waals surface area (Å²) >= 11 is 0. The van der Waals surface area contributed by atoms with Gasteiger partial charge < -0.3 is 14.7 Å². The Morgan fingerprint density at radius 3 is 2.57 bits per heavy atom. The molecule has 23 heavy (non-hydrogen) atoms. The summed E-state index contributed by atoms with van der Waals surface area (Å²) in [7, 11) is 3.32. The van der Waals surface area contributed by atoms with Crippen LogP contribution < -0.4 is 0 Å². The smallest absolute Gasteiger partial charge is 0.305 e. The molecule has 0 aromatic carbocycles. The number of carboxylic acid groups (broad SMARTS) is 1. The number of hydrogen-bond donors (Lipinski definition) is 1. The summed E-state index contributed by atoms with van der Waals surface area (Å²) in [6.45, 7) is 6.51. The molecule has 1 amide bonds. The van der Waals surface area contributed by atoms with Crippen molar-refractivity contribution in [3.63, 3.8) is 0 Å². The Morgan fingerprint density at radius 1 is 1.43 bits per heavy atom. The van der Waals surface area contributed by atoms with Crippen molar-refractivity contribution in [2.24, 2.45) is 7.05 Å². The van der Waals surface area contributed by atoms with Crippen LogP contribution in [0.15, 0.2) is 6.07 Å². The van der Waals surface area contributed by atoms with Crippen molar-refractivity contribution in [2.45, 2.75) is 51.2 Å². The molecule has 2 unspecified atom stereocenters. The van der Waals surface area contributed by atoms with Crippen molar-refractivity contribution in [1.29, 1.82) is 0 Å². The van der Waals surface area contributed by atoms with Crippen LogP contribution in [0.2, 0.25) is 0 Å². The second kappa shape index (κ2) is 6.31. The number of aryl methyl sites for hydroxylation is 1. The maximum Gasteiger partial charge on any atom is 0.305 e. The molecule has 2 rings (SSSR count). The first-order valence-electron chi connectivity index (χ1n) is 7.73. The lowest BCUT2D eigenvalue weighted by Crippen LogP contribution is -2.38. The highest BCUT2D eigenvalue weighted by molar-refractivity contribution is 5.93. The summed E-state index contributed by atoms with van der Waals surface area (Å²) in [4.78, 5) is 25.5. The van der Waals surface area contributed by atoms with Gasteiger partial charge in [-0.25, -0.2) is 0 Å². The first-order valence-corrected chi connectivity index (χ1v) is 7.73. The molecule has 7 nitrogen and oxygen atoms in total. The average molecular weight is 323 g/mol. The number of methoxy groups -OCH3 is 1. The number of nitrogens with zero attached hydrogens (tertiary/aromatic N) is 3. The standard InChI is InChI=1S/C16H25N3O4/c1-16(2,3)13-8-12(18(4)17-13)15(22)19-9-11(23-5)6-10(19)7-14(20)21/h8,10-11H,6-7,9H2,1-5H3,(H,20,21). The zero-order chi connectivity index (χ0) is 17.4. The molecule has 7 heteroatoms. The maximum absolute atomic E-state index is 12.9. The van der Waals surface area contributed by atoms with E-state index in [0.29, 0.717) is 18.7 Å². The minimum Gasteiger partial charge on any atom is -0.481 e. The van der Waals surface area contributed by atoms with E-state index < -0.39 is 5.97 Å². The molecule has 2 heterocycles. The van der Waals surface area contributed by atoms with Crippen LogP contribution in [-0.2, 0) is 22.0 Å². The fourth-order valence-corrected chi connectivity index (χ4v) is 2.87. The van der Waals surface area contributed by atoms with Gasteiger partial charge in [0.25, 0.3) is 5.91 Å². The van der Waals surface area contributed by atoms with Crippen molar-refractivity contribution in [1.82, 2.24) is 14.7 Å². The van der Waals surface area contributed by atoms with Gasteiger partial charge in [0.2, 0.25) is 0 Å². The minimum absolute atomic E-state index is 0.0738. The normalized spacial score (nSPS) is 21.7. The molecule has 1 aromatic heterocycles. The summed E-state index contributed by atoms with van der Waals surface area (Å²) in [6, 6.07) is 1.44. The molecule has 2 atom stereocenters.